The lowest BCUT2D eigenvalue weighted by molar-refractivity contribution is -0.137. The lowest BCUT2D eigenvalue weighted by Gasteiger charge is -2.34. The van der Waals surface area contributed by atoms with Gasteiger partial charge in [0.25, 0.3) is 0 Å². The first-order chi connectivity index (χ1) is 8.04. The van der Waals surface area contributed by atoms with Crippen LogP contribution >= 0.6 is 0 Å². The van der Waals surface area contributed by atoms with Crippen LogP contribution in [0.1, 0.15) is 6.92 Å². The summed E-state index contributed by atoms with van der Waals surface area (Å²) in [6, 6.07) is 0. The number of hydrogen-bond donors (Lipinski definition) is 1. The standard InChI is InChI=1S/C10H17N3O4/c1-8(14)12-3-5-13(6-4-12)9(15)7-11-10(16)17-2/h3-7H2,1-2H3,(H,11,16). The van der Waals surface area contributed by atoms with Crippen molar-refractivity contribution in [2.45, 2.75) is 6.92 Å². The first-order valence-corrected chi connectivity index (χ1v) is 5.39. The van der Waals surface area contributed by atoms with Crippen LogP contribution in [0.3, 0.4) is 0 Å². The summed E-state index contributed by atoms with van der Waals surface area (Å²) in [5.41, 5.74) is 0. The molecule has 1 fully saturated rings. The molecule has 0 aliphatic carbocycles. The Morgan fingerprint density at radius 1 is 1.12 bits per heavy atom. The molecule has 17 heavy (non-hydrogen) atoms. The molecular weight excluding hydrogens is 226 g/mol. The van der Waals surface area contributed by atoms with Gasteiger partial charge in [-0.1, -0.05) is 0 Å². The number of carbonyl (C=O) groups excluding carboxylic acids is 3. The molecule has 0 spiro atoms. The number of methoxy groups -OCH3 is 1. The zero-order chi connectivity index (χ0) is 12.8. The molecule has 0 atom stereocenters. The topological polar surface area (TPSA) is 79.0 Å². The number of nitrogens with one attached hydrogen (secondary N) is 1. The largest absolute Gasteiger partial charge is 0.453 e. The molecule has 0 aromatic carbocycles. The number of hydrogen-bond acceptors (Lipinski definition) is 4. The van der Waals surface area contributed by atoms with Crippen molar-refractivity contribution >= 4 is 17.9 Å². The quantitative estimate of drug-likeness (QED) is 0.677. The lowest BCUT2D eigenvalue weighted by atomic mass is 10.3. The molecule has 0 aromatic rings. The summed E-state index contributed by atoms with van der Waals surface area (Å²) < 4.78 is 4.36. The average molecular weight is 243 g/mol. The molecule has 1 rings (SSSR count). The van der Waals surface area contributed by atoms with Crippen molar-refractivity contribution in [3.05, 3.63) is 0 Å². The van der Waals surface area contributed by atoms with Gasteiger partial charge in [0.1, 0.15) is 6.54 Å². The third-order valence-electron chi connectivity index (χ3n) is 2.65. The van der Waals surface area contributed by atoms with Gasteiger partial charge in [0.15, 0.2) is 0 Å². The number of alkyl carbamates (subject to hydrolysis) is 1. The van der Waals surface area contributed by atoms with E-state index in [2.05, 4.69) is 10.1 Å². The molecule has 1 aliphatic rings. The van der Waals surface area contributed by atoms with Crippen molar-refractivity contribution in [1.82, 2.24) is 15.1 Å². The van der Waals surface area contributed by atoms with E-state index in [0.717, 1.165) is 0 Å². The second-order valence-electron chi connectivity index (χ2n) is 3.73. The first-order valence-electron chi connectivity index (χ1n) is 5.39. The molecule has 1 saturated heterocycles. The van der Waals surface area contributed by atoms with Gasteiger partial charge in [0.2, 0.25) is 11.8 Å². The molecule has 7 nitrogen and oxygen atoms in total. The summed E-state index contributed by atoms with van der Waals surface area (Å²) in [5, 5.41) is 2.33. The highest BCUT2D eigenvalue weighted by Crippen LogP contribution is 2.01. The van der Waals surface area contributed by atoms with E-state index in [1.54, 1.807) is 9.80 Å². The molecule has 7 heteroatoms. The zero-order valence-electron chi connectivity index (χ0n) is 10.1. The van der Waals surface area contributed by atoms with Crippen LogP contribution in [0.25, 0.3) is 0 Å². The van der Waals surface area contributed by atoms with Gasteiger partial charge in [-0.2, -0.15) is 0 Å². The Bertz CT molecular complexity index is 311. The predicted octanol–water partition coefficient (Wildman–Crippen LogP) is -0.967. The Hall–Kier alpha value is -1.79. The Balaban J connectivity index is 2.31. The summed E-state index contributed by atoms with van der Waals surface area (Å²) in [5.74, 6) is -0.150. The number of nitrogens with zero attached hydrogens (tertiary/aromatic N) is 2. The minimum Gasteiger partial charge on any atom is -0.453 e. The molecule has 1 heterocycles. The fourth-order valence-electron chi connectivity index (χ4n) is 1.60. The van der Waals surface area contributed by atoms with Gasteiger partial charge >= 0.3 is 6.09 Å². The molecule has 0 radical (unpaired) electrons. The van der Waals surface area contributed by atoms with Crippen molar-refractivity contribution in [3.8, 4) is 0 Å². The van der Waals surface area contributed by atoms with Gasteiger partial charge in [-0.05, 0) is 0 Å². The summed E-state index contributed by atoms with van der Waals surface area (Å²) in [6.07, 6.45) is -0.624. The highest BCUT2D eigenvalue weighted by molar-refractivity contribution is 5.82. The van der Waals surface area contributed by atoms with Crippen LogP contribution in [-0.2, 0) is 14.3 Å². The summed E-state index contributed by atoms with van der Waals surface area (Å²) in [7, 11) is 1.24. The Morgan fingerprint density at radius 3 is 2.12 bits per heavy atom. The van der Waals surface area contributed by atoms with Crippen molar-refractivity contribution < 1.29 is 19.1 Å². The van der Waals surface area contributed by atoms with E-state index in [0.29, 0.717) is 26.2 Å². The first kappa shape index (κ1) is 13.3. The van der Waals surface area contributed by atoms with Crippen LogP contribution in [0, 0.1) is 0 Å². The van der Waals surface area contributed by atoms with E-state index in [4.69, 9.17) is 0 Å². The SMILES string of the molecule is COC(=O)NCC(=O)N1CCN(C(C)=O)CC1. The smallest absolute Gasteiger partial charge is 0.407 e. The molecule has 1 aliphatic heterocycles. The van der Waals surface area contributed by atoms with Crippen molar-refractivity contribution in [3.63, 3.8) is 0 Å². The van der Waals surface area contributed by atoms with Crippen molar-refractivity contribution in [1.29, 1.82) is 0 Å². The minimum absolute atomic E-state index is 0.0183. The van der Waals surface area contributed by atoms with E-state index in [1.807, 2.05) is 0 Å². The maximum Gasteiger partial charge on any atom is 0.407 e. The molecule has 96 valence electrons. The third-order valence-corrected chi connectivity index (χ3v) is 2.65. The third kappa shape index (κ3) is 3.93. The number of amides is 3. The number of ether oxygens (including phenoxy) is 1. The van der Waals surface area contributed by atoms with Crippen molar-refractivity contribution in [2.75, 3.05) is 39.8 Å². The van der Waals surface area contributed by atoms with E-state index < -0.39 is 6.09 Å². The number of piperazine rings is 1. The van der Waals surface area contributed by atoms with Crippen LogP contribution in [0.2, 0.25) is 0 Å². The van der Waals surface area contributed by atoms with Gasteiger partial charge in [-0.25, -0.2) is 4.79 Å². The summed E-state index contributed by atoms with van der Waals surface area (Å²) in [4.78, 5) is 36.8. The van der Waals surface area contributed by atoms with Gasteiger partial charge in [-0.15, -0.1) is 0 Å². The molecule has 3 amide bonds. The molecular formula is C10H17N3O4. The average Bonchev–Trinajstić information content (AvgIpc) is 2.35. The normalized spacial score (nSPS) is 15.4. The van der Waals surface area contributed by atoms with Crippen molar-refractivity contribution in [2.24, 2.45) is 0 Å². The van der Waals surface area contributed by atoms with Gasteiger partial charge in [0, 0.05) is 33.1 Å². The monoisotopic (exact) mass is 243 g/mol. The second kappa shape index (κ2) is 6.07. The maximum atomic E-state index is 11.6. The molecule has 0 bridgehead atoms. The van der Waals surface area contributed by atoms with Crippen LogP contribution in [0.5, 0.6) is 0 Å². The maximum absolute atomic E-state index is 11.6. The van der Waals surface area contributed by atoms with Gasteiger partial charge in [0.05, 0.1) is 7.11 Å². The van der Waals surface area contributed by atoms with Gasteiger partial charge in [-0.3, -0.25) is 9.59 Å². The minimum atomic E-state index is -0.624. The number of rotatable bonds is 2. The Kier molecular flexibility index (Phi) is 4.74. The predicted molar refractivity (Wildman–Crippen MR) is 59.2 cm³/mol. The molecule has 0 saturated carbocycles. The highest BCUT2D eigenvalue weighted by Gasteiger charge is 2.22. The fraction of sp³-hybridized carbons (Fsp3) is 0.700. The lowest BCUT2D eigenvalue weighted by Crippen LogP contribution is -2.52. The van der Waals surface area contributed by atoms with Crippen LogP contribution < -0.4 is 5.32 Å². The molecule has 0 unspecified atom stereocenters. The highest BCUT2D eigenvalue weighted by atomic mass is 16.5. The number of carbonyl (C=O) groups is 3. The van der Waals surface area contributed by atoms with Crippen LogP contribution in [0.15, 0.2) is 0 Å². The van der Waals surface area contributed by atoms with E-state index in [9.17, 15) is 14.4 Å². The zero-order valence-corrected chi connectivity index (χ0v) is 10.1. The van der Waals surface area contributed by atoms with Gasteiger partial charge < -0.3 is 19.9 Å². The summed E-state index contributed by atoms with van der Waals surface area (Å²) in [6.45, 7) is 3.52. The van der Waals surface area contributed by atoms with Crippen LogP contribution in [-0.4, -0.2) is 67.5 Å². The molecule has 1 N–H and O–H groups in total. The van der Waals surface area contributed by atoms with E-state index in [1.165, 1.54) is 14.0 Å². The molecule has 0 aromatic heterocycles. The fourth-order valence-corrected chi connectivity index (χ4v) is 1.60. The summed E-state index contributed by atoms with van der Waals surface area (Å²) >= 11 is 0. The van der Waals surface area contributed by atoms with E-state index >= 15 is 0 Å². The Morgan fingerprint density at radius 2 is 1.65 bits per heavy atom. The second-order valence-corrected chi connectivity index (χ2v) is 3.73. The Labute approximate surface area is 99.7 Å². The van der Waals surface area contributed by atoms with Crippen LogP contribution in [0.4, 0.5) is 4.79 Å². The van der Waals surface area contributed by atoms with E-state index in [-0.39, 0.29) is 18.4 Å².